The third kappa shape index (κ3) is 4.79. The van der Waals surface area contributed by atoms with E-state index in [0.29, 0.717) is 15.6 Å². The van der Waals surface area contributed by atoms with Gasteiger partial charge in [0.15, 0.2) is 0 Å². The Morgan fingerprint density at radius 3 is 2.48 bits per heavy atom. The van der Waals surface area contributed by atoms with Gasteiger partial charge in [-0.05, 0) is 35.9 Å². The average Bonchev–Trinajstić information content (AvgIpc) is 2.58. The number of halogens is 2. The lowest BCUT2D eigenvalue weighted by Crippen LogP contribution is -2.23. The van der Waals surface area contributed by atoms with E-state index in [-0.39, 0.29) is 10.5 Å². The molecule has 0 heterocycles. The van der Waals surface area contributed by atoms with Gasteiger partial charge in [-0.25, -0.2) is 18.1 Å². The largest absolute Gasteiger partial charge is 0.271 e. The molecule has 0 atom stereocenters. The fraction of sp³-hybridized carbons (Fsp3) is 0.125. The van der Waals surface area contributed by atoms with Crippen molar-refractivity contribution in [3.8, 4) is 0 Å². The van der Waals surface area contributed by atoms with Gasteiger partial charge >= 0.3 is 0 Å². The Bertz CT molecular complexity index is 928. The van der Waals surface area contributed by atoms with Crippen molar-refractivity contribution in [2.75, 3.05) is 14.1 Å². The highest BCUT2D eigenvalue weighted by Gasteiger charge is 2.18. The second kappa shape index (κ2) is 7.97. The molecule has 2 aromatic carbocycles. The first-order valence-corrected chi connectivity index (χ1v) is 9.22. The molecule has 0 aliphatic carbocycles. The van der Waals surface area contributed by atoms with Crippen LogP contribution < -0.4 is 5.43 Å². The summed E-state index contributed by atoms with van der Waals surface area (Å²) in [6.07, 6.45) is 1.40. The fourth-order valence-corrected chi connectivity index (χ4v) is 3.09. The molecular formula is C16H15Cl2N3O3S. The Labute approximate surface area is 156 Å². The van der Waals surface area contributed by atoms with E-state index in [0.717, 1.165) is 4.31 Å². The van der Waals surface area contributed by atoms with Crippen LogP contribution in [0, 0.1) is 0 Å². The molecule has 0 bridgehead atoms. The van der Waals surface area contributed by atoms with Crippen molar-refractivity contribution < 1.29 is 13.2 Å². The van der Waals surface area contributed by atoms with Crippen LogP contribution in [0.2, 0.25) is 10.0 Å². The maximum absolute atomic E-state index is 12.1. The predicted octanol–water partition coefficient (Wildman–Crippen LogP) is 3.01. The highest BCUT2D eigenvalue weighted by Crippen LogP contribution is 2.21. The van der Waals surface area contributed by atoms with Crippen molar-refractivity contribution in [2.45, 2.75) is 4.90 Å². The number of nitrogens with one attached hydrogen (secondary N) is 1. The third-order valence-corrected chi connectivity index (χ3v) is 5.75. The van der Waals surface area contributed by atoms with Crippen molar-refractivity contribution >= 4 is 45.3 Å². The number of hydrogen-bond acceptors (Lipinski definition) is 4. The second-order valence-electron chi connectivity index (χ2n) is 5.19. The number of sulfonamides is 1. The fourth-order valence-electron chi connectivity index (χ4n) is 1.83. The normalized spacial score (nSPS) is 11.9. The molecule has 2 aromatic rings. The smallest absolute Gasteiger partial charge is 0.267 e. The Hall–Kier alpha value is -1.93. The van der Waals surface area contributed by atoms with Gasteiger partial charge in [0.05, 0.1) is 21.2 Å². The number of benzene rings is 2. The van der Waals surface area contributed by atoms with E-state index in [2.05, 4.69) is 10.5 Å². The van der Waals surface area contributed by atoms with Gasteiger partial charge in [0, 0.05) is 19.7 Å². The summed E-state index contributed by atoms with van der Waals surface area (Å²) in [5, 5.41) is 4.62. The van der Waals surface area contributed by atoms with E-state index in [1.165, 1.54) is 44.6 Å². The minimum Gasteiger partial charge on any atom is -0.267 e. The topological polar surface area (TPSA) is 78.8 Å². The lowest BCUT2D eigenvalue weighted by molar-refractivity contribution is 0.0955. The molecule has 0 saturated heterocycles. The summed E-state index contributed by atoms with van der Waals surface area (Å²) in [7, 11) is -0.777. The minimum atomic E-state index is -3.62. The highest BCUT2D eigenvalue weighted by molar-refractivity contribution is 7.89. The molecular weight excluding hydrogens is 385 g/mol. The van der Waals surface area contributed by atoms with E-state index in [1.807, 2.05) is 0 Å². The predicted molar refractivity (Wildman–Crippen MR) is 98.8 cm³/mol. The first-order valence-electron chi connectivity index (χ1n) is 7.03. The number of amides is 1. The van der Waals surface area contributed by atoms with Gasteiger partial charge in [-0.15, -0.1) is 0 Å². The van der Waals surface area contributed by atoms with Crippen LogP contribution in [0.15, 0.2) is 52.5 Å². The third-order valence-electron chi connectivity index (χ3n) is 3.20. The lowest BCUT2D eigenvalue weighted by Gasteiger charge is -2.11. The van der Waals surface area contributed by atoms with Crippen molar-refractivity contribution in [3.05, 3.63) is 63.6 Å². The summed E-state index contributed by atoms with van der Waals surface area (Å²) in [6.45, 7) is 0. The molecule has 0 aromatic heterocycles. The van der Waals surface area contributed by atoms with E-state index >= 15 is 0 Å². The van der Waals surface area contributed by atoms with Gasteiger partial charge in [0.2, 0.25) is 10.0 Å². The number of carbonyl (C=O) groups excluding carboxylic acids is 1. The van der Waals surface area contributed by atoms with Crippen LogP contribution >= 0.6 is 23.2 Å². The van der Waals surface area contributed by atoms with Crippen molar-refractivity contribution in [1.29, 1.82) is 0 Å². The molecule has 0 radical (unpaired) electrons. The van der Waals surface area contributed by atoms with Gasteiger partial charge < -0.3 is 0 Å². The summed E-state index contributed by atoms with van der Waals surface area (Å²) in [6, 6.07) is 10.6. The van der Waals surface area contributed by atoms with Crippen LogP contribution in [0.4, 0.5) is 0 Å². The van der Waals surface area contributed by atoms with Crippen molar-refractivity contribution in [2.24, 2.45) is 5.10 Å². The molecule has 2 rings (SSSR count). The highest BCUT2D eigenvalue weighted by atomic mass is 35.5. The van der Waals surface area contributed by atoms with Crippen LogP contribution in [0.1, 0.15) is 15.9 Å². The molecule has 132 valence electrons. The van der Waals surface area contributed by atoms with Gasteiger partial charge in [-0.1, -0.05) is 35.3 Å². The number of hydrogen-bond donors (Lipinski definition) is 1. The molecule has 1 N–H and O–H groups in total. The molecule has 0 fully saturated rings. The molecule has 6 nitrogen and oxygen atoms in total. The Morgan fingerprint density at radius 2 is 1.84 bits per heavy atom. The Balaban J connectivity index is 2.13. The SMILES string of the molecule is CN(C)S(=O)(=O)c1cccc(C(=O)N/N=C\c2ccc(Cl)c(Cl)c2)c1. The number of carbonyl (C=O) groups is 1. The first-order chi connectivity index (χ1) is 11.7. The van der Waals surface area contributed by atoms with Gasteiger partial charge in [0.1, 0.15) is 0 Å². The van der Waals surface area contributed by atoms with E-state index in [4.69, 9.17) is 23.2 Å². The van der Waals surface area contributed by atoms with Gasteiger partial charge in [-0.3, -0.25) is 4.79 Å². The molecule has 0 spiro atoms. The van der Waals surface area contributed by atoms with E-state index < -0.39 is 15.9 Å². The summed E-state index contributed by atoms with van der Waals surface area (Å²) in [5.74, 6) is -0.535. The Kier molecular flexibility index (Phi) is 6.18. The number of nitrogens with zero attached hydrogens (tertiary/aromatic N) is 2. The van der Waals surface area contributed by atoms with Crippen LogP contribution in [0.5, 0.6) is 0 Å². The summed E-state index contributed by atoms with van der Waals surface area (Å²) < 4.78 is 25.3. The minimum absolute atomic E-state index is 0.0265. The van der Waals surface area contributed by atoms with Crippen LogP contribution in [0.3, 0.4) is 0 Å². The summed E-state index contributed by atoms with van der Waals surface area (Å²) >= 11 is 11.7. The van der Waals surface area contributed by atoms with Crippen molar-refractivity contribution in [1.82, 2.24) is 9.73 Å². The lowest BCUT2D eigenvalue weighted by atomic mass is 10.2. The standard InChI is InChI=1S/C16H15Cl2N3O3S/c1-21(2)25(23,24)13-5-3-4-12(9-13)16(22)20-19-10-11-6-7-14(17)15(18)8-11/h3-10H,1-2H3,(H,20,22)/b19-10-. The zero-order valence-electron chi connectivity index (χ0n) is 13.4. The first kappa shape index (κ1) is 19.4. The molecule has 0 aliphatic heterocycles. The Morgan fingerprint density at radius 1 is 1.12 bits per heavy atom. The zero-order chi connectivity index (χ0) is 18.6. The number of rotatable bonds is 5. The van der Waals surface area contributed by atoms with E-state index in [9.17, 15) is 13.2 Å². The molecule has 0 saturated carbocycles. The van der Waals surface area contributed by atoms with Crippen LogP contribution in [-0.2, 0) is 10.0 Å². The quantitative estimate of drug-likeness (QED) is 0.619. The van der Waals surface area contributed by atoms with Gasteiger partial charge in [0.25, 0.3) is 5.91 Å². The molecule has 0 aliphatic rings. The monoisotopic (exact) mass is 399 g/mol. The van der Waals surface area contributed by atoms with Crippen LogP contribution in [0.25, 0.3) is 0 Å². The maximum Gasteiger partial charge on any atom is 0.271 e. The molecule has 25 heavy (non-hydrogen) atoms. The number of hydrazone groups is 1. The molecule has 1 amide bonds. The molecule has 9 heteroatoms. The summed E-state index contributed by atoms with van der Waals surface area (Å²) in [4.78, 5) is 12.2. The maximum atomic E-state index is 12.1. The van der Waals surface area contributed by atoms with E-state index in [1.54, 1.807) is 18.2 Å². The summed E-state index contributed by atoms with van der Waals surface area (Å²) in [5.41, 5.74) is 3.16. The van der Waals surface area contributed by atoms with Crippen LogP contribution in [-0.4, -0.2) is 38.9 Å². The van der Waals surface area contributed by atoms with Crippen molar-refractivity contribution in [3.63, 3.8) is 0 Å². The second-order valence-corrected chi connectivity index (χ2v) is 8.15. The average molecular weight is 400 g/mol. The molecule has 0 unspecified atom stereocenters. The van der Waals surface area contributed by atoms with Gasteiger partial charge in [-0.2, -0.15) is 5.10 Å². The zero-order valence-corrected chi connectivity index (χ0v) is 15.7.